The van der Waals surface area contributed by atoms with Gasteiger partial charge in [-0.2, -0.15) is 4.72 Å². The van der Waals surface area contributed by atoms with Crippen LogP contribution in [0.4, 0.5) is 8.78 Å². The van der Waals surface area contributed by atoms with Crippen molar-refractivity contribution in [3.8, 4) is 0 Å². The maximum absolute atomic E-state index is 14.4. The molecule has 0 fully saturated rings. The highest BCUT2D eigenvalue weighted by molar-refractivity contribution is 7.92. The highest BCUT2D eigenvalue weighted by atomic mass is 35.5. The van der Waals surface area contributed by atoms with Crippen molar-refractivity contribution in [2.75, 3.05) is 12.3 Å². The lowest BCUT2D eigenvalue weighted by atomic mass is 10.0. The average molecular weight is 785 g/mol. The molecule has 16 heteroatoms. The maximum atomic E-state index is 14.4. The van der Waals surface area contributed by atoms with E-state index in [1.165, 1.54) is 17.0 Å². The van der Waals surface area contributed by atoms with Crippen molar-refractivity contribution < 1.29 is 35.5 Å². The Morgan fingerprint density at radius 3 is 2.12 bits per heavy atom. The van der Waals surface area contributed by atoms with Crippen LogP contribution in [-0.4, -0.2) is 68.5 Å². The number of sulfonamides is 1. The van der Waals surface area contributed by atoms with E-state index in [4.69, 9.17) is 17.3 Å². The molecular weight excluding hydrogens is 739 g/mol. The van der Waals surface area contributed by atoms with E-state index in [-0.39, 0.29) is 39.5 Å². The molecule has 0 unspecified atom stereocenters. The number of nitrogens with one attached hydrogen (secondary N) is 1. The van der Waals surface area contributed by atoms with E-state index in [1.54, 1.807) is 12.1 Å². The molecule has 2 aromatic carbocycles. The third-order valence-electron chi connectivity index (χ3n) is 7.92. The maximum Gasteiger partial charge on any atom is 0.250 e. The molecule has 1 aromatic heterocycles. The number of hydrogen-bond donors (Lipinski definition) is 3. The zero-order valence-electron chi connectivity index (χ0n) is 27.6. The van der Waals surface area contributed by atoms with Crippen LogP contribution in [0, 0.1) is 11.6 Å². The first-order chi connectivity index (χ1) is 22.6. The van der Waals surface area contributed by atoms with Crippen molar-refractivity contribution in [1.82, 2.24) is 9.62 Å². The number of aryl methyl sites for hydroxylation is 1. The monoisotopic (exact) mass is 783 g/mol. The smallest absolute Gasteiger partial charge is 0.250 e. The third-order valence-corrected chi connectivity index (χ3v) is 13.4. The Labute approximate surface area is 303 Å². The van der Waals surface area contributed by atoms with Gasteiger partial charge in [-0.25, -0.2) is 25.6 Å². The lowest BCUT2D eigenvalue weighted by Gasteiger charge is -2.32. The zero-order chi connectivity index (χ0) is 35.6. The number of aliphatic hydroxyl groups is 1. The van der Waals surface area contributed by atoms with Crippen molar-refractivity contribution in [1.29, 1.82) is 0 Å². The molecule has 0 aliphatic rings. The first-order valence-corrected chi connectivity index (χ1v) is 20.2. The summed E-state index contributed by atoms with van der Waals surface area (Å²) in [5, 5.41) is 10.4. The molecule has 0 aliphatic carbocycles. The second kappa shape index (κ2) is 19.4. The number of carbonyl (C=O) groups excluding carboxylic acids is 1. The van der Waals surface area contributed by atoms with Gasteiger partial charge in [-0.05, 0) is 66.6 Å². The Balaban J connectivity index is 0.00000833. The molecule has 3 rings (SSSR count). The fraction of sp³-hybridized carbons (Fsp3) is 0.485. The summed E-state index contributed by atoms with van der Waals surface area (Å²) in [6, 6.07) is 9.97. The van der Waals surface area contributed by atoms with Crippen molar-refractivity contribution in [3.63, 3.8) is 0 Å². The van der Waals surface area contributed by atoms with Crippen LogP contribution in [-0.2, 0) is 44.0 Å². The topological polar surface area (TPSA) is 147 Å². The van der Waals surface area contributed by atoms with Gasteiger partial charge in [0.05, 0.1) is 21.4 Å². The molecule has 0 saturated heterocycles. The van der Waals surface area contributed by atoms with Gasteiger partial charge in [0, 0.05) is 25.2 Å². The van der Waals surface area contributed by atoms with Crippen LogP contribution in [0.25, 0.3) is 0 Å². The van der Waals surface area contributed by atoms with Gasteiger partial charge in [-0.1, -0.05) is 69.5 Å². The van der Waals surface area contributed by atoms with E-state index in [2.05, 4.69) is 4.72 Å². The lowest BCUT2D eigenvalue weighted by molar-refractivity contribution is -0.134. The van der Waals surface area contributed by atoms with Gasteiger partial charge in [0.15, 0.2) is 9.84 Å². The normalized spacial score (nSPS) is 13.9. The van der Waals surface area contributed by atoms with Gasteiger partial charge in [-0.15, -0.1) is 23.7 Å². The summed E-state index contributed by atoms with van der Waals surface area (Å²) in [6.07, 6.45) is 0.940. The molecular formula is C33H45Cl2F2N3O6S3. The van der Waals surface area contributed by atoms with Crippen LogP contribution in [0.1, 0.15) is 63.1 Å². The SMILES string of the molecule is CCCC(CCC)S(=O)(=O)C[C@H](NS(=O)(=O)c1ccc(Cl)s1)C(=O)N(Cc1cccc(CC)c1)C[C@@H](O)[C@@H](N)Cc1cc(F)cc(F)c1.Cl. The number of nitrogens with two attached hydrogens (primary N) is 1. The van der Waals surface area contributed by atoms with Gasteiger partial charge >= 0.3 is 0 Å². The molecule has 0 spiro atoms. The number of sulfone groups is 1. The number of aliphatic hydroxyl groups excluding tert-OH is 1. The molecule has 49 heavy (non-hydrogen) atoms. The Morgan fingerprint density at radius 1 is 0.959 bits per heavy atom. The van der Waals surface area contributed by atoms with Gasteiger partial charge in [0.25, 0.3) is 10.0 Å². The molecule has 0 bridgehead atoms. The number of rotatable bonds is 19. The number of carbonyl (C=O) groups is 1. The van der Waals surface area contributed by atoms with Gasteiger partial charge in [-0.3, -0.25) is 4.79 Å². The summed E-state index contributed by atoms with van der Waals surface area (Å²) in [6.45, 7) is 5.11. The Bertz CT molecular complexity index is 1720. The molecule has 4 N–H and O–H groups in total. The zero-order valence-corrected chi connectivity index (χ0v) is 31.7. The van der Waals surface area contributed by atoms with Crippen LogP contribution >= 0.6 is 35.3 Å². The molecule has 0 aliphatic heterocycles. The summed E-state index contributed by atoms with van der Waals surface area (Å²) in [5.41, 5.74) is 8.05. The standard InChI is InChI=1S/C33H44ClF2N3O6S3.ClH/c1-4-8-27(9-5-2)47(42,43)21-29(38-48(44,45)32-13-12-31(34)46-32)33(41)39(19-23-11-7-10-22(6-3)14-23)20-30(40)28(37)17-24-15-25(35)18-26(36)16-24;/h7,10-16,18,27-30,38,40H,4-6,8-9,17,19-21,37H2,1-3H3;1H/t28-,29-,30+;/m0./s1. The first-order valence-electron chi connectivity index (χ1n) is 15.8. The van der Waals surface area contributed by atoms with Crippen molar-refractivity contribution >= 4 is 61.1 Å². The van der Waals surface area contributed by atoms with E-state index in [0.717, 1.165) is 29.0 Å². The van der Waals surface area contributed by atoms with Crippen LogP contribution in [0.2, 0.25) is 4.34 Å². The Kier molecular flexibility index (Phi) is 17.1. The van der Waals surface area contributed by atoms with Crippen LogP contribution < -0.4 is 10.5 Å². The first kappa shape index (κ1) is 43.0. The van der Waals surface area contributed by atoms with Crippen molar-refractivity contribution in [3.05, 3.63) is 87.3 Å². The number of amides is 1. The van der Waals surface area contributed by atoms with Gasteiger partial charge < -0.3 is 15.7 Å². The average Bonchev–Trinajstić information content (AvgIpc) is 3.46. The molecule has 3 atom stereocenters. The molecule has 3 aromatic rings. The van der Waals surface area contributed by atoms with E-state index in [1.807, 2.05) is 32.9 Å². The predicted molar refractivity (Wildman–Crippen MR) is 193 cm³/mol. The van der Waals surface area contributed by atoms with Gasteiger partial charge in [0.1, 0.15) is 21.9 Å². The minimum Gasteiger partial charge on any atom is -0.390 e. The molecule has 1 heterocycles. The highest BCUT2D eigenvalue weighted by Gasteiger charge is 2.37. The quantitative estimate of drug-likeness (QED) is 0.142. The highest BCUT2D eigenvalue weighted by Crippen LogP contribution is 2.26. The van der Waals surface area contributed by atoms with Crippen molar-refractivity contribution in [2.45, 2.75) is 93.5 Å². The molecule has 274 valence electrons. The fourth-order valence-corrected chi connectivity index (χ4v) is 10.4. The number of thiophene rings is 1. The summed E-state index contributed by atoms with van der Waals surface area (Å²) in [4.78, 5) is 15.6. The fourth-order valence-electron chi connectivity index (χ4n) is 5.48. The lowest BCUT2D eigenvalue weighted by Crippen LogP contribution is -2.55. The van der Waals surface area contributed by atoms with E-state index in [0.29, 0.717) is 43.7 Å². The molecule has 0 radical (unpaired) electrons. The molecule has 9 nitrogen and oxygen atoms in total. The summed E-state index contributed by atoms with van der Waals surface area (Å²) in [5.74, 6) is -3.33. The molecule has 0 saturated carbocycles. The largest absolute Gasteiger partial charge is 0.390 e. The third kappa shape index (κ3) is 12.8. The molecule has 1 amide bonds. The minimum atomic E-state index is -4.40. The van der Waals surface area contributed by atoms with E-state index < -0.39 is 73.1 Å². The number of hydrogen-bond acceptors (Lipinski definition) is 8. The number of halogens is 4. The summed E-state index contributed by atoms with van der Waals surface area (Å²) in [7, 11) is -8.41. The summed E-state index contributed by atoms with van der Waals surface area (Å²) < 4.78 is 84.4. The predicted octanol–water partition coefficient (Wildman–Crippen LogP) is 5.65. The van der Waals surface area contributed by atoms with Crippen LogP contribution in [0.3, 0.4) is 0 Å². The second-order valence-corrected chi connectivity index (χ2v) is 17.8. The minimum absolute atomic E-state index is 0. The Morgan fingerprint density at radius 2 is 1.57 bits per heavy atom. The second-order valence-electron chi connectivity index (χ2n) is 11.9. The van der Waals surface area contributed by atoms with Crippen LogP contribution in [0.5, 0.6) is 0 Å². The van der Waals surface area contributed by atoms with Crippen molar-refractivity contribution in [2.24, 2.45) is 5.73 Å². The van der Waals surface area contributed by atoms with E-state index in [9.17, 15) is 35.5 Å². The number of nitrogens with zero attached hydrogens (tertiary/aromatic N) is 1. The van der Waals surface area contributed by atoms with E-state index >= 15 is 0 Å². The number of benzene rings is 2. The Hall–Kier alpha value is -2.17. The van der Waals surface area contributed by atoms with Crippen LogP contribution in [0.15, 0.2) is 58.8 Å². The summed E-state index contributed by atoms with van der Waals surface area (Å²) >= 11 is 6.74. The van der Waals surface area contributed by atoms with Gasteiger partial charge in [0.2, 0.25) is 5.91 Å².